The predicted octanol–water partition coefficient (Wildman–Crippen LogP) is 0.825. The molecule has 0 spiro atoms. The van der Waals surface area contributed by atoms with E-state index < -0.39 is 6.10 Å². The monoisotopic (exact) mass is 372 g/mol. The first-order valence-electron chi connectivity index (χ1n) is 8.89. The van der Waals surface area contributed by atoms with Gasteiger partial charge in [-0.3, -0.25) is 4.90 Å². The third-order valence-corrected chi connectivity index (χ3v) is 4.39. The number of aliphatic hydroxyl groups excluding tert-OH is 1. The van der Waals surface area contributed by atoms with Crippen LogP contribution in [-0.4, -0.2) is 78.5 Å². The normalized spacial score (nSPS) is 16.0. The highest BCUT2D eigenvalue weighted by atomic mass is 16.5. The zero-order valence-electron chi connectivity index (χ0n) is 15.3. The number of hydrogen-bond donors (Lipinski definition) is 1. The zero-order chi connectivity index (χ0) is 19.1. The fraction of sp³-hybridized carbons (Fsp3) is 0.421. The van der Waals surface area contributed by atoms with Gasteiger partial charge in [-0.15, -0.1) is 0 Å². The van der Waals surface area contributed by atoms with E-state index in [0.29, 0.717) is 17.9 Å². The van der Waals surface area contributed by atoms with Crippen molar-refractivity contribution in [3.8, 4) is 5.75 Å². The molecule has 1 saturated heterocycles. The van der Waals surface area contributed by atoms with Gasteiger partial charge in [-0.05, 0) is 30.3 Å². The van der Waals surface area contributed by atoms with Crippen LogP contribution in [0, 0.1) is 0 Å². The van der Waals surface area contributed by atoms with Crippen LogP contribution in [0.1, 0.15) is 10.4 Å². The van der Waals surface area contributed by atoms with Crippen molar-refractivity contribution in [2.75, 3.05) is 51.3 Å². The molecule has 1 fully saturated rings. The minimum Gasteiger partial charge on any atom is -0.491 e. The summed E-state index contributed by atoms with van der Waals surface area (Å²) < 4.78 is 10.3. The number of esters is 1. The summed E-state index contributed by atoms with van der Waals surface area (Å²) in [5, 5.41) is 10.2. The molecule has 3 rings (SSSR count). The molecule has 1 aromatic heterocycles. The molecule has 2 heterocycles. The van der Waals surface area contributed by atoms with Crippen molar-refractivity contribution in [3.05, 3.63) is 48.3 Å². The van der Waals surface area contributed by atoms with Crippen LogP contribution in [0.3, 0.4) is 0 Å². The SMILES string of the molecule is COC(=O)c1ccc(OC[C@@H](O)CN2CCN(c3ncccn3)CC2)cc1. The summed E-state index contributed by atoms with van der Waals surface area (Å²) in [6.45, 7) is 4.06. The quantitative estimate of drug-likeness (QED) is 0.715. The number of rotatable bonds is 7. The highest BCUT2D eigenvalue weighted by Crippen LogP contribution is 2.14. The van der Waals surface area contributed by atoms with Crippen molar-refractivity contribution in [1.82, 2.24) is 14.9 Å². The molecule has 8 nitrogen and oxygen atoms in total. The van der Waals surface area contributed by atoms with Crippen LogP contribution in [0.15, 0.2) is 42.7 Å². The van der Waals surface area contributed by atoms with E-state index in [1.807, 2.05) is 0 Å². The van der Waals surface area contributed by atoms with Crippen LogP contribution in [0.25, 0.3) is 0 Å². The summed E-state index contributed by atoms with van der Waals surface area (Å²) in [5.74, 6) is 0.964. The van der Waals surface area contributed by atoms with E-state index in [2.05, 4.69) is 24.5 Å². The van der Waals surface area contributed by atoms with Crippen LogP contribution in [0.5, 0.6) is 5.75 Å². The summed E-state index contributed by atoms with van der Waals surface area (Å²) in [5.41, 5.74) is 0.464. The molecule has 0 saturated carbocycles. The Bertz CT molecular complexity index is 718. The maximum atomic E-state index is 11.4. The summed E-state index contributed by atoms with van der Waals surface area (Å²) in [6.07, 6.45) is 2.89. The average Bonchev–Trinajstić information content (AvgIpc) is 2.73. The molecule has 8 heteroatoms. The Labute approximate surface area is 158 Å². The van der Waals surface area contributed by atoms with E-state index in [1.165, 1.54) is 7.11 Å². The number of carbonyl (C=O) groups excluding carboxylic acids is 1. The first-order valence-corrected chi connectivity index (χ1v) is 8.89. The van der Waals surface area contributed by atoms with Gasteiger partial charge in [0.1, 0.15) is 18.5 Å². The first-order chi connectivity index (χ1) is 13.2. The molecule has 0 aliphatic carbocycles. The summed E-state index contributed by atoms with van der Waals surface area (Å²) >= 11 is 0. The lowest BCUT2D eigenvalue weighted by molar-refractivity contribution is 0.0599. The molecule has 1 aliphatic rings. The number of aliphatic hydroxyl groups is 1. The van der Waals surface area contributed by atoms with Crippen LogP contribution in [0.2, 0.25) is 0 Å². The van der Waals surface area contributed by atoms with Crippen molar-refractivity contribution in [2.45, 2.75) is 6.10 Å². The van der Waals surface area contributed by atoms with Gasteiger partial charge >= 0.3 is 5.97 Å². The molecular formula is C19H24N4O4. The molecule has 0 radical (unpaired) electrons. The van der Waals surface area contributed by atoms with Crippen molar-refractivity contribution >= 4 is 11.9 Å². The Kier molecular flexibility index (Phi) is 6.56. The van der Waals surface area contributed by atoms with Gasteiger partial charge in [0.25, 0.3) is 0 Å². The number of hydrogen-bond acceptors (Lipinski definition) is 8. The smallest absolute Gasteiger partial charge is 0.337 e. The van der Waals surface area contributed by atoms with Crippen molar-refractivity contribution in [3.63, 3.8) is 0 Å². The standard InChI is InChI=1S/C19H24N4O4/c1-26-18(25)15-3-5-17(6-4-15)27-14-16(24)13-22-9-11-23(12-10-22)19-20-7-2-8-21-19/h2-8,16,24H,9-14H2,1H3/t16-/m0/s1. The highest BCUT2D eigenvalue weighted by molar-refractivity contribution is 5.89. The van der Waals surface area contributed by atoms with Gasteiger partial charge in [0.2, 0.25) is 5.95 Å². The summed E-state index contributed by atoms with van der Waals surface area (Å²) in [4.78, 5) is 24.3. The average molecular weight is 372 g/mol. The molecule has 144 valence electrons. The lowest BCUT2D eigenvalue weighted by Gasteiger charge is -2.35. The number of anilines is 1. The van der Waals surface area contributed by atoms with E-state index in [0.717, 1.165) is 32.1 Å². The lowest BCUT2D eigenvalue weighted by Crippen LogP contribution is -2.49. The second-order valence-corrected chi connectivity index (χ2v) is 6.32. The van der Waals surface area contributed by atoms with Crippen molar-refractivity contribution < 1.29 is 19.4 Å². The van der Waals surface area contributed by atoms with Gasteiger partial charge in [-0.2, -0.15) is 0 Å². The third-order valence-electron chi connectivity index (χ3n) is 4.39. The second-order valence-electron chi connectivity index (χ2n) is 6.32. The maximum Gasteiger partial charge on any atom is 0.337 e. The molecule has 1 atom stereocenters. The Morgan fingerprint density at radius 3 is 2.44 bits per heavy atom. The predicted molar refractivity (Wildman–Crippen MR) is 100.0 cm³/mol. The number of aromatic nitrogens is 2. The molecular weight excluding hydrogens is 348 g/mol. The number of nitrogens with zero attached hydrogens (tertiary/aromatic N) is 4. The number of piperazine rings is 1. The van der Waals surface area contributed by atoms with E-state index in [9.17, 15) is 9.90 Å². The fourth-order valence-electron chi connectivity index (χ4n) is 2.93. The molecule has 2 aromatic rings. The highest BCUT2D eigenvalue weighted by Gasteiger charge is 2.20. The van der Waals surface area contributed by atoms with Crippen LogP contribution >= 0.6 is 0 Å². The van der Waals surface area contributed by atoms with E-state index in [1.54, 1.807) is 42.7 Å². The minimum absolute atomic E-state index is 0.194. The van der Waals surface area contributed by atoms with Crippen LogP contribution in [0.4, 0.5) is 5.95 Å². The lowest BCUT2D eigenvalue weighted by atomic mass is 10.2. The Morgan fingerprint density at radius 1 is 1.15 bits per heavy atom. The molecule has 0 bridgehead atoms. The second kappa shape index (κ2) is 9.29. The molecule has 0 amide bonds. The Balaban J connectivity index is 1.40. The third kappa shape index (κ3) is 5.38. The molecule has 1 aliphatic heterocycles. The largest absolute Gasteiger partial charge is 0.491 e. The molecule has 27 heavy (non-hydrogen) atoms. The number of ether oxygens (including phenoxy) is 2. The van der Waals surface area contributed by atoms with Gasteiger partial charge in [-0.1, -0.05) is 0 Å². The van der Waals surface area contributed by atoms with Gasteiger partial charge in [0.15, 0.2) is 0 Å². The molecule has 1 N–H and O–H groups in total. The van der Waals surface area contributed by atoms with Crippen molar-refractivity contribution in [1.29, 1.82) is 0 Å². The first kappa shape index (κ1) is 19.1. The fourth-order valence-corrected chi connectivity index (χ4v) is 2.93. The minimum atomic E-state index is -0.593. The van der Waals surface area contributed by atoms with Crippen LogP contribution < -0.4 is 9.64 Å². The topological polar surface area (TPSA) is 88.0 Å². The van der Waals surface area contributed by atoms with E-state index >= 15 is 0 Å². The summed E-state index contributed by atoms with van der Waals surface area (Å²) in [7, 11) is 1.34. The van der Waals surface area contributed by atoms with Crippen LogP contribution in [-0.2, 0) is 4.74 Å². The van der Waals surface area contributed by atoms with E-state index in [-0.39, 0.29) is 12.6 Å². The number of carbonyl (C=O) groups is 1. The molecule has 1 aromatic carbocycles. The number of β-amino-alcohol motifs (C(OH)–C–C–N with tert-alkyl or cyclic N) is 1. The van der Waals surface area contributed by atoms with Gasteiger partial charge in [-0.25, -0.2) is 14.8 Å². The number of methoxy groups -OCH3 is 1. The van der Waals surface area contributed by atoms with E-state index in [4.69, 9.17) is 4.74 Å². The molecule has 0 unspecified atom stereocenters. The van der Waals surface area contributed by atoms with Gasteiger partial charge in [0, 0.05) is 45.1 Å². The van der Waals surface area contributed by atoms with Gasteiger partial charge < -0.3 is 19.5 Å². The van der Waals surface area contributed by atoms with Gasteiger partial charge in [0.05, 0.1) is 12.7 Å². The maximum absolute atomic E-state index is 11.4. The zero-order valence-corrected chi connectivity index (χ0v) is 15.3. The summed E-state index contributed by atoms with van der Waals surface area (Å²) in [6, 6.07) is 8.46. The number of benzene rings is 1. The van der Waals surface area contributed by atoms with Crippen molar-refractivity contribution in [2.24, 2.45) is 0 Å². The Morgan fingerprint density at radius 2 is 1.81 bits per heavy atom. The Hall–Kier alpha value is -2.71.